The number of carbonyl (C=O) groups is 1. The van der Waals surface area contributed by atoms with Gasteiger partial charge in [-0.2, -0.15) is 13.4 Å². The summed E-state index contributed by atoms with van der Waals surface area (Å²) in [5, 5.41) is 6.41. The van der Waals surface area contributed by atoms with Crippen LogP contribution in [0.15, 0.2) is 40.8 Å². The SMILES string of the molecule is CCOc1cc(CN2CCC(Nc3nc4cc(NC(=O)C5CCC5)ccc4o3)CC2)ccc1OS(C)(=O)=O. The van der Waals surface area contributed by atoms with E-state index in [1.807, 2.05) is 37.3 Å². The molecule has 0 unspecified atom stereocenters. The van der Waals surface area contributed by atoms with Gasteiger partial charge in [-0.1, -0.05) is 12.5 Å². The van der Waals surface area contributed by atoms with Gasteiger partial charge in [-0.05, 0) is 68.5 Å². The normalized spacial score (nSPS) is 17.2. The number of nitrogens with zero attached hydrogens (tertiary/aromatic N) is 2. The number of nitrogens with one attached hydrogen (secondary N) is 2. The van der Waals surface area contributed by atoms with E-state index in [1.165, 1.54) is 0 Å². The molecule has 2 fully saturated rings. The molecule has 38 heavy (non-hydrogen) atoms. The van der Waals surface area contributed by atoms with Crippen LogP contribution in [0.5, 0.6) is 11.5 Å². The van der Waals surface area contributed by atoms with Crippen LogP contribution < -0.4 is 19.6 Å². The third kappa shape index (κ3) is 6.57. The Morgan fingerprint density at radius 2 is 1.89 bits per heavy atom. The van der Waals surface area contributed by atoms with Gasteiger partial charge in [0.05, 0.1) is 12.9 Å². The molecule has 1 amide bonds. The van der Waals surface area contributed by atoms with E-state index >= 15 is 0 Å². The van der Waals surface area contributed by atoms with Gasteiger partial charge in [-0.15, -0.1) is 0 Å². The van der Waals surface area contributed by atoms with Crippen LogP contribution in [-0.2, 0) is 21.5 Å². The summed E-state index contributed by atoms with van der Waals surface area (Å²) in [7, 11) is -3.63. The monoisotopic (exact) mass is 542 g/mol. The first-order chi connectivity index (χ1) is 18.3. The first-order valence-electron chi connectivity index (χ1n) is 13.1. The zero-order valence-corrected chi connectivity index (χ0v) is 22.6. The Balaban J connectivity index is 1.14. The number of amides is 1. The lowest BCUT2D eigenvalue weighted by Gasteiger charge is -2.32. The van der Waals surface area contributed by atoms with Crippen molar-refractivity contribution in [3.05, 3.63) is 42.0 Å². The standard InChI is InChI=1S/C27H34N4O6S/c1-3-35-25-15-18(7-9-24(25)37-38(2,33)34)17-31-13-11-20(12-14-31)29-27-30-22-16-21(8-10-23(22)36-27)28-26(32)19-5-4-6-19/h7-10,15-16,19-20H,3-6,11-14,17H2,1-2H3,(H,28,32)(H,29,30). The molecule has 1 saturated carbocycles. The number of hydrogen-bond acceptors (Lipinski definition) is 9. The van der Waals surface area contributed by atoms with Crippen molar-refractivity contribution in [3.8, 4) is 11.5 Å². The first-order valence-corrected chi connectivity index (χ1v) is 14.9. The molecule has 2 heterocycles. The van der Waals surface area contributed by atoms with Crippen LogP contribution in [0.1, 0.15) is 44.6 Å². The van der Waals surface area contributed by atoms with Crippen LogP contribution in [0.2, 0.25) is 0 Å². The third-order valence-corrected chi connectivity index (χ3v) is 7.48. The highest BCUT2D eigenvalue weighted by Gasteiger charge is 2.25. The third-order valence-electron chi connectivity index (χ3n) is 7.00. The highest BCUT2D eigenvalue weighted by molar-refractivity contribution is 7.86. The minimum absolute atomic E-state index is 0.0801. The summed E-state index contributed by atoms with van der Waals surface area (Å²) < 4.78 is 39.6. The molecular weight excluding hydrogens is 508 g/mol. The molecule has 0 spiro atoms. The quantitative estimate of drug-likeness (QED) is 0.359. The lowest BCUT2D eigenvalue weighted by atomic mass is 9.85. The maximum Gasteiger partial charge on any atom is 0.306 e. The minimum atomic E-state index is -3.63. The van der Waals surface area contributed by atoms with Crippen LogP contribution >= 0.6 is 0 Å². The molecule has 5 rings (SSSR count). The molecule has 10 nitrogen and oxygen atoms in total. The fraction of sp³-hybridized carbons (Fsp3) is 0.481. The Morgan fingerprint density at radius 1 is 1.11 bits per heavy atom. The predicted molar refractivity (Wildman–Crippen MR) is 145 cm³/mol. The van der Waals surface area contributed by atoms with Crippen molar-refractivity contribution in [1.82, 2.24) is 9.88 Å². The molecule has 2 aliphatic rings. The number of piperidine rings is 1. The number of likely N-dealkylation sites (tertiary alicyclic amines) is 1. The largest absolute Gasteiger partial charge is 0.490 e. The van der Waals surface area contributed by atoms with Crippen molar-refractivity contribution in [2.24, 2.45) is 5.92 Å². The van der Waals surface area contributed by atoms with E-state index in [-0.39, 0.29) is 23.6 Å². The fourth-order valence-electron chi connectivity index (χ4n) is 4.80. The number of hydrogen-bond donors (Lipinski definition) is 2. The Hall–Kier alpha value is -3.31. The predicted octanol–water partition coefficient (Wildman–Crippen LogP) is 4.38. The summed E-state index contributed by atoms with van der Waals surface area (Å²) in [6.07, 6.45) is 5.92. The summed E-state index contributed by atoms with van der Waals surface area (Å²) in [6.45, 7) is 4.76. The zero-order chi connectivity index (χ0) is 26.7. The van der Waals surface area contributed by atoms with Crippen LogP contribution in [0, 0.1) is 5.92 Å². The lowest BCUT2D eigenvalue weighted by molar-refractivity contribution is -0.122. The summed E-state index contributed by atoms with van der Waals surface area (Å²) in [5.74, 6) is 0.837. The molecule has 1 aromatic heterocycles. The molecule has 2 N–H and O–H groups in total. The average Bonchev–Trinajstić information content (AvgIpc) is 3.22. The molecular formula is C27H34N4O6S. The van der Waals surface area contributed by atoms with Gasteiger partial charge in [0.25, 0.3) is 6.01 Å². The van der Waals surface area contributed by atoms with Gasteiger partial charge in [0, 0.05) is 37.3 Å². The van der Waals surface area contributed by atoms with Gasteiger partial charge < -0.3 is 24.0 Å². The maximum atomic E-state index is 12.2. The minimum Gasteiger partial charge on any atom is -0.490 e. The van der Waals surface area contributed by atoms with Crippen molar-refractivity contribution in [2.75, 3.05) is 36.6 Å². The van der Waals surface area contributed by atoms with E-state index in [2.05, 4.69) is 20.5 Å². The van der Waals surface area contributed by atoms with Crippen LogP contribution in [0.25, 0.3) is 11.1 Å². The Bertz CT molecular complexity index is 1390. The molecule has 0 bridgehead atoms. The number of benzene rings is 2. The number of rotatable bonds is 10. The Labute approximate surface area is 222 Å². The first kappa shape index (κ1) is 26.3. The van der Waals surface area contributed by atoms with Crippen molar-refractivity contribution in [3.63, 3.8) is 0 Å². The van der Waals surface area contributed by atoms with E-state index in [4.69, 9.17) is 13.3 Å². The molecule has 204 valence electrons. The maximum absolute atomic E-state index is 12.2. The molecule has 11 heteroatoms. The highest BCUT2D eigenvalue weighted by atomic mass is 32.2. The number of anilines is 2. The smallest absolute Gasteiger partial charge is 0.306 e. The van der Waals surface area contributed by atoms with Crippen LogP contribution in [-0.4, -0.2) is 56.2 Å². The topological polar surface area (TPSA) is 123 Å². The van der Waals surface area contributed by atoms with E-state index in [1.54, 1.807) is 6.07 Å². The van der Waals surface area contributed by atoms with Gasteiger partial charge in [0.15, 0.2) is 17.1 Å². The molecule has 2 aromatic carbocycles. The molecule has 1 aliphatic heterocycles. The van der Waals surface area contributed by atoms with Gasteiger partial charge in [0.1, 0.15) is 5.52 Å². The van der Waals surface area contributed by atoms with E-state index in [0.717, 1.165) is 69.2 Å². The number of fused-ring (bicyclic) bond motifs is 1. The van der Waals surface area contributed by atoms with Crippen molar-refractivity contribution < 1.29 is 26.5 Å². The highest BCUT2D eigenvalue weighted by Crippen LogP contribution is 2.31. The molecule has 1 aliphatic carbocycles. The number of carbonyl (C=O) groups excluding carboxylic acids is 1. The second kappa shape index (κ2) is 11.2. The number of ether oxygens (including phenoxy) is 1. The van der Waals surface area contributed by atoms with Crippen molar-refractivity contribution >= 4 is 38.8 Å². The van der Waals surface area contributed by atoms with Crippen LogP contribution in [0.3, 0.4) is 0 Å². The van der Waals surface area contributed by atoms with Gasteiger partial charge in [-0.3, -0.25) is 9.69 Å². The molecule has 0 atom stereocenters. The number of oxazole rings is 1. The molecule has 1 saturated heterocycles. The summed E-state index contributed by atoms with van der Waals surface area (Å²) >= 11 is 0. The molecule has 3 aromatic rings. The average molecular weight is 543 g/mol. The van der Waals surface area contributed by atoms with Gasteiger partial charge >= 0.3 is 10.1 Å². The van der Waals surface area contributed by atoms with Gasteiger partial charge in [0.2, 0.25) is 5.91 Å². The van der Waals surface area contributed by atoms with E-state index in [9.17, 15) is 13.2 Å². The van der Waals surface area contributed by atoms with Crippen molar-refractivity contribution in [2.45, 2.75) is 51.6 Å². The van der Waals surface area contributed by atoms with E-state index in [0.29, 0.717) is 29.5 Å². The number of aromatic nitrogens is 1. The fourth-order valence-corrected chi connectivity index (χ4v) is 5.26. The van der Waals surface area contributed by atoms with Gasteiger partial charge in [-0.25, -0.2) is 0 Å². The second-order valence-corrected chi connectivity index (χ2v) is 11.6. The Kier molecular flexibility index (Phi) is 7.75. The van der Waals surface area contributed by atoms with Crippen LogP contribution in [0.4, 0.5) is 11.7 Å². The lowest BCUT2D eigenvalue weighted by Crippen LogP contribution is -2.38. The zero-order valence-electron chi connectivity index (χ0n) is 21.7. The summed E-state index contributed by atoms with van der Waals surface area (Å²) in [6, 6.07) is 11.6. The molecule has 0 radical (unpaired) electrons. The van der Waals surface area contributed by atoms with Crippen molar-refractivity contribution in [1.29, 1.82) is 0 Å². The summed E-state index contributed by atoms with van der Waals surface area (Å²) in [4.78, 5) is 19.2. The second-order valence-electron chi connectivity index (χ2n) is 10.0. The Morgan fingerprint density at radius 3 is 2.58 bits per heavy atom. The summed E-state index contributed by atoms with van der Waals surface area (Å²) in [5.41, 5.74) is 3.16. The van der Waals surface area contributed by atoms with E-state index < -0.39 is 10.1 Å².